The molecule has 0 aliphatic rings. The molecule has 5 aromatic rings. The van der Waals surface area contributed by atoms with Gasteiger partial charge in [-0.3, -0.25) is 0 Å². The molecular weight excluding hydrogens is 640 g/mol. The lowest BCUT2D eigenvalue weighted by Crippen LogP contribution is -2.28. The summed E-state index contributed by atoms with van der Waals surface area (Å²) in [7, 11) is 1.33. The fraction of sp³-hybridized carbons (Fsp3) is 0.350. The van der Waals surface area contributed by atoms with Gasteiger partial charge in [-0.2, -0.15) is 0 Å². The number of hydrogen-bond donors (Lipinski definition) is 2. The molecule has 0 radical (unpaired) electrons. The molecule has 0 amide bonds. The minimum absolute atomic E-state index is 0.156. The van der Waals surface area contributed by atoms with Crippen molar-refractivity contribution >= 4 is 28.8 Å². The fourth-order valence-corrected chi connectivity index (χ4v) is 6.45. The number of ether oxygens (including phenoxy) is 3. The number of aromatic amines is 1. The molecule has 0 aliphatic heterocycles. The van der Waals surface area contributed by atoms with Gasteiger partial charge in [-0.25, -0.2) is 14.2 Å². The average Bonchev–Trinajstić information content (AvgIpc) is 3.48. The standard InChI is InChI=1S/C40H45FN2O5S/c1-24(48-28-15-11-25(12-16-28)19-35(38(45)46-8)47-23-26-9-13-27(41)14-10-26)37-42-33-18-17-29(22-34(33)43-37)49-30-20-31(39(2,3)4)36(44)32(21-30)40(5,6)7/h9-18,20-22,24,35,44H,19,23H2,1-8H3,(H,42,43). The molecule has 0 spiro atoms. The third-order valence-electron chi connectivity index (χ3n) is 8.28. The van der Waals surface area contributed by atoms with Gasteiger partial charge in [0.05, 0.1) is 24.8 Å². The lowest BCUT2D eigenvalue weighted by atomic mass is 9.79. The maximum absolute atomic E-state index is 13.2. The van der Waals surface area contributed by atoms with Crippen LogP contribution in [0.2, 0.25) is 0 Å². The monoisotopic (exact) mass is 684 g/mol. The summed E-state index contributed by atoms with van der Waals surface area (Å²) in [6, 6.07) is 23.8. The van der Waals surface area contributed by atoms with Gasteiger partial charge in [-0.05, 0) is 83.5 Å². The number of halogens is 1. The molecule has 7 nitrogen and oxygen atoms in total. The third-order valence-corrected chi connectivity index (χ3v) is 9.24. The highest BCUT2D eigenvalue weighted by atomic mass is 32.2. The van der Waals surface area contributed by atoms with Crippen LogP contribution in [-0.2, 0) is 38.1 Å². The first-order chi connectivity index (χ1) is 23.1. The number of aromatic hydroxyl groups is 1. The van der Waals surface area contributed by atoms with E-state index in [1.54, 1.807) is 23.9 Å². The number of nitrogens with one attached hydrogen (secondary N) is 1. The number of rotatable bonds is 11. The molecule has 0 saturated heterocycles. The second-order valence-corrected chi connectivity index (χ2v) is 15.5. The van der Waals surface area contributed by atoms with Gasteiger partial charge in [0.15, 0.2) is 12.2 Å². The van der Waals surface area contributed by atoms with Gasteiger partial charge >= 0.3 is 5.97 Å². The van der Waals surface area contributed by atoms with Crippen LogP contribution in [0.5, 0.6) is 11.5 Å². The summed E-state index contributed by atoms with van der Waals surface area (Å²) in [6.45, 7) is 14.8. The molecule has 2 N–H and O–H groups in total. The van der Waals surface area contributed by atoms with E-state index < -0.39 is 12.1 Å². The van der Waals surface area contributed by atoms with Crippen LogP contribution in [0.3, 0.4) is 0 Å². The summed E-state index contributed by atoms with van der Waals surface area (Å²) in [5.41, 5.74) is 4.85. The van der Waals surface area contributed by atoms with Crippen LogP contribution in [0.15, 0.2) is 88.7 Å². The van der Waals surface area contributed by atoms with Gasteiger partial charge in [0.1, 0.15) is 23.1 Å². The lowest BCUT2D eigenvalue weighted by Gasteiger charge is -2.28. The molecule has 49 heavy (non-hydrogen) atoms. The molecule has 1 heterocycles. The van der Waals surface area contributed by atoms with Crippen LogP contribution in [0, 0.1) is 5.82 Å². The van der Waals surface area contributed by atoms with Crippen molar-refractivity contribution in [1.82, 2.24) is 9.97 Å². The summed E-state index contributed by atoms with van der Waals surface area (Å²) < 4.78 is 30.3. The summed E-state index contributed by atoms with van der Waals surface area (Å²) in [6.07, 6.45) is -0.848. The Balaban J connectivity index is 1.25. The number of carbonyl (C=O) groups is 1. The number of phenols is 1. The van der Waals surface area contributed by atoms with E-state index >= 15 is 0 Å². The highest BCUT2D eigenvalue weighted by Gasteiger charge is 2.27. The Labute approximate surface area is 292 Å². The number of phenolic OH excluding ortho intramolecular Hbond substituents is 1. The molecule has 0 bridgehead atoms. The highest BCUT2D eigenvalue weighted by molar-refractivity contribution is 7.99. The Kier molecular flexibility index (Phi) is 10.7. The predicted octanol–water partition coefficient (Wildman–Crippen LogP) is 9.59. The summed E-state index contributed by atoms with van der Waals surface area (Å²) >= 11 is 1.66. The van der Waals surface area contributed by atoms with E-state index in [0.29, 0.717) is 23.7 Å². The van der Waals surface area contributed by atoms with Crippen LogP contribution >= 0.6 is 11.8 Å². The Morgan fingerprint density at radius 2 is 1.49 bits per heavy atom. The molecule has 258 valence electrons. The smallest absolute Gasteiger partial charge is 0.335 e. The van der Waals surface area contributed by atoms with Crippen molar-refractivity contribution in [3.8, 4) is 11.5 Å². The van der Waals surface area contributed by atoms with Crippen LogP contribution in [-0.4, -0.2) is 34.3 Å². The number of fused-ring (bicyclic) bond motifs is 1. The Hall–Kier alpha value is -4.34. The van der Waals surface area contributed by atoms with Crippen molar-refractivity contribution < 1.29 is 28.5 Å². The number of nitrogens with zero attached hydrogens (tertiary/aromatic N) is 1. The van der Waals surface area contributed by atoms with E-state index in [0.717, 1.165) is 43.1 Å². The number of methoxy groups -OCH3 is 1. The topological polar surface area (TPSA) is 93.7 Å². The molecule has 2 atom stereocenters. The van der Waals surface area contributed by atoms with Crippen molar-refractivity contribution in [1.29, 1.82) is 0 Å². The van der Waals surface area contributed by atoms with E-state index in [9.17, 15) is 14.3 Å². The minimum atomic E-state index is -0.811. The number of carbonyl (C=O) groups excluding carboxylic acids is 1. The number of benzene rings is 4. The summed E-state index contributed by atoms with van der Waals surface area (Å²) in [4.78, 5) is 22.8. The first-order valence-corrected chi connectivity index (χ1v) is 17.2. The van der Waals surface area contributed by atoms with Crippen LogP contribution in [0.4, 0.5) is 4.39 Å². The molecule has 0 saturated carbocycles. The molecular formula is C40H45FN2O5S. The minimum Gasteiger partial charge on any atom is -0.507 e. The number of H-pyrrole nitrogens is 1. The first kappa shape index (κ1) is 36.0. The summed E-state index contributed by atoms with van der Waals surface area (Å²) in [5, 5.41) is 11.1. The Bertz CT molecular complexity index is 1870. The zero-order valence-electron chi connectivity index (χ0n) is 29.4. The number of aromatic nitrogens is 2. The zero-order valence-corrected chi connectivity index (χ0v) is 30.2. The van der Waals surface area contributed by atoms with Gasteiger partial charge < -0.3 is 24.3 Å². The number of hydrogen-bond acceptors (Lipinski definition) is 7. The normalized spacial score (nSPS) is 13.3. The second kappa shape index (κ2) is 14.6. The average molecular weight is 685 g/mol. The van der Waals surface area contributed by atoms with E-state index in [2.05, 4.69) is 70.8 Å². The van der Waals surface area contributed by atoms with Gasteiger partial charge in [-0.15, -0.1) is 0 Å². The Morgan fingerprint density at radius 3 is 2.08 bits per heavy atom. The molecule has 0 aliphatic carbocycles. The van der Waals surface area contributed by atoms with Gasteiger partial charge in [-0.1, -0.05) is 77.6 Å². The SMILES string of the molecule is COC(=O)C(Cc1ccc(OC(C)c2nc3ccc(Sc4cc(C(C)(C)C)c(O)c(C(C)(C)C)c4)cc3[nH]2)cc1)OCc1ccc(F)cc1. The summed E-state index contributed by atoms with van der Waals surface area (Å²) in [5.74, 6) is 0.932. The van der Waals surface area contributed by atoms with Crippen LogP contribution < -0.4 is 4.74 Å². The first-order valence-electron chi connectivity index (χ1n) is 16.4. The maximum atomic E-state index is 13.2. The fourth-order valence-electron chi connectivity index (χ4n) is 5.51. The van der Waals surface area contributed by atoms with Crippen LogP contribution in [0.1, 0.15) is 82.6 Å². The molecule has 9 heteroatoms. The lowest BCUT2D eigenvalue weighted by molar-refractivity contribution is -0.154. The largest absolute Gasteiger partial charge is 0.507 e. The molecule has 5 rings (SSSR count). The molecule has 1 aromatic heterocycles. The zero-order chi connectivity index (χ0) is 35.5. The molecule has 0 fully saturated rings. The third kappa shape index (κ3) is 9.02. The van der Waals surface area contributed by atoms with Crippen molar-refractivity contribution in [3.63, 3.8) is 0 Å². The maximum Gasteiger partial charge on any atom is 0.335 e. The Morgan fingerprint density at radius 1 is 0.878 bits per heavy atom. The van der Waals surface area contributed by atoms with Crippen molar-refractivity contribution in [2.75, 3.05) is 7.11 Å². The van der Waals surface area contributed by atoms with Gasteiger partial charge in [0.25, 0.3) is 0 Å². The quantitative estimate of drug-likeness (QED) is 0.134. The van der Waals surface area contributed by atoms with E-state index in [-0.39, 0.29) is 29.4 Å². The van der Waals surface area contributed by atoms with E-state index in [4.69, 9.17) is 19.2 Å². The van der Waals surface area contributed by atoms with E-state index in [1.165, 1.54) is 19.2 Å². The predicted molar refractivity (Wildman–Crippen MR) is 192 cm³/mol. The van der Waals surface area contributed by atoms with Crippen molar-refractivity contribution in [2.45, 2.75) is 94.3 Å². The van der Waals surface area contributed by atoms with E-state index in [1.807, 2.05) is 37.3 Å². The molecule has 2 unspecified atom stereocenters. The van der Waals surface area contributed by atoms with Crippen LogP contribution in [0.25, 0.3) is 11.0 Å². The number of imidazole rings is 1. The van der Waals surface area contributed by atoms with Gasteiger partial charge in [0.2, 0.25) is 0 Å². The highest BCUT2D eigenvalue weighted by Crippen LogP contribution is 2.43. The number of esters is 1. The second-order valence-electron chi connectivity index (χ2n) is 14.3. The molecule has 4 aromatic carbocycles. The van der Waals surface area contributed by atoms with Gasteiger partial charge in [0, 0.05) is 27.3 Å². The van der Waals surface area contributed by atoms with Crippen molar-refractivity contribution in [3.05, 3.63) is 113 Å². The van der Waals surface area contributed by atoms with Crippen molar-refractivity contribution in [2.24, 2.45) is 0 Å².